The molecule has 2 heterocycles. The average Bonchev–Trinajstić information content (AvgIpc) is 2.47. The number of hydrogen-bond acceptors (Lipinski definition) is 4. The lowest BCUT2D eigenvalue weighted by Gasteiger charge is -2.18. The van der Waals surface area contributed by atoms with Crippen LogP contribution in [0.3, 0.4) is 0 Å². The highest BCUT2D eigenvalue weighted by atomic mass is 16.5. The molecule has 2 rings (SSSR count). The van der Waals surface area contributed by atoms with Gasteiger partial charge < -0.3 is 4.74 Å². The number of nitrogens with zero attached hydrogens (tertiary/aromatic N) is 1. The number of carbonyl (C=O) groups is 2. The molecule has 2 amide bonds. The molecule has 0 aromatic carbocycles. The summed E-state index contributed by atoms with van der Waals surface area (Å²) in [5.74, 6) is -1.02. The lowest BCUT2D eigenvalue weighted by atomic mass is 10.1. The van der Waals surface area contributed by atoms with Crippen molar-refractivity contribution < 1.29 is 14.3 Å². The molecule has 0 spiro atoms. The predicted octanol–water partition coefficient (Wildman–Crippen LogP) is -1.23. The van der Waals surface area contributed by atoms with Crippen molar-refractivity contribution in [3.8, 4) is 0 Å². The second-order valence-electron chi connectivity index (χ2n) is 3.23. The standard InChI is InChI=1S/C8H11N3O3/c12-6-7(13)11-8(10-6)9-5-1-3-14-4-2-5/h5H,1-4H2,(H2,9,10,11,12,13). The molecule has 6 heteroatoms. The Morgan fingerprint density at radius 1 is 1.14 bits per heavy atom. The van der Waals surface area contributed by atoms with Gasteiger partial charge in [-0.1, -0.05) is 0 Å². The summed E-state index contributed by atoms with van der Waals surface area (Å²) in [5, 5.41) is 4.72. The van der Waals surface area contributed by atoms with Crippen molar-refractivity contribution in [1.29, 1.82) is 0 Å². The summed E-state index contributed by atoms with van der Waals surface area (Å²) >= 11 is 0. The fraction of sp³-hybridized carbons (Fsp3) is 0.625. The molecule has 2 saturated heterocycles. The van der Waals surface area contributed by atoms with Gasteiger partial charge in [-0.05, 0) is 12.8 Å². The van der Waals surface area contributed by atoms with Crippen LogP contribution >= 0.6 is 0 Å². The monoisotopic (exact) mass is 197 g/mol. The van der Waals surface area contributed by atoms with Crippen molar-refractivity contribution in [2.24, 2.45) is 4.99 Å². The van der Waals surface area contributed by atoms with E-state index in [0.717, 1.165) is 12.8 Å². The first-order valence-corrected chi connectivity index (χ1v) is 4.53. The van der Waals surface area contributed by atoms with Gasteiger partial charge >= 0.3 is 11.8 Å². The van der Waals surface area contributed by atoms with Crippen molar-refractivity contribution in [3.63, 3.8) is 0 Å². The van der Waals surface area contributed by atoms with Crippen molar-refractivity contribution in [3.05, 3.63) is 0 Å². The summed E-state index contributed by atoms with van der Waals surface area (Å²) in [6.45, 7) is 1.37. The fourth-order valence-electron chi connectivity index (χ4n) is 1.42. The Bertz CT molecular complexity index is 276. The van der Waals surface area contributed by atoms with Crippen molar-refractivity contribution in [1.82, 2.24) is 10.6 Å². The van der Waals surface area contributed by atoms with Crippen LogP contribution in [0.4, 0.5) is 0 Å². The number of ether oxygens (including phenoxy) is 1. The first-order valence-electron chi connectivity index (χ1n) is 4.53. The van der Waals surface area contributed by atoms with Crippen LogP contribution in [0.5, 0.6) is 0 Å². The van der Waals surface area contributed by atoms with E-state index in [4.69, 9.17) is 4.74 Å². The average molecular weight is 197 g/mol. The molecule has 0 aromatic heterocycles. The van der Waals surface area contributed by atoms with Crippen LogP contribution in [0, 0.1) is 0 Å². The summed E-state index contributed by atoms with van der Waals surface area (Å²) in [6, 6.07) is 0.137. The minimum atomic E-state index is -0.643. The third-order valence-corrected chi connectivity index (χ3v) is 2.17. The second-order valence-corrected chi connectivity index (χ2v) is 3.23. The van der Waals surface area contributed by atoms with Gasteiger partial charge in [0, 0.05) is 13.2 Å². The number of amides is 2. The molecule has 0 bridgehead atoms. The third kappa shape index (κ3) is 1.90. The molecule has 14 heavy (non-hydrogen) atoms. The van der Waals surface area contributed by atoms with Crippen LogP contribution in [0.15, 0.2) is 4.99 Å². The van der Waals surface area contributed by atoms with Gasteiger partial charge in [0.05, 0.1) is 6.04 Å². The lowest BCUT2D eigenvalue weighted by Crippen LogP contribution is -2.29. The van der Waals surface area contributed by atoms with Crippen LogP contribution in [0.25, 0.3) is 0 Å². The summed E-state index contributed by atoms with van der Waals surface area (Å²) < 4.78 is 5.16. The van der Waals surface area contributed by atoms with Gasteiger partial charge in [-0.15, -0.1) is 0 Å². The first-order chi connectivity index (χ1) is 6.75. The predicted molar refractivity (Wildman–Crippen MR) is 47.6 cm³/mol. The third-order valence-electron chi connectivity index (χ3n) is 2.17. The SMILES string of the molecule is O=C1NC(=NC2CCOCC2)NC1=O. The molecule has 0 atom stereocenters. The zero-order valence-corrected chi connectivity index (χ0v) is 7.58. The fourth-order valence-corrected chi connectivity index (χ4v) is 1.42. The Labute approximate surface area is 80.7 Å². The Hall–Kier alpha value is -1.43. The van der Waals surface area contributed by atoms with Gasteiger partial charge in [-0.2, -0.15) is 0 Å². The zero-order valence-electron chi connectivity index (χ0n) is 7.58. The summed E-state index contributed by atoms with van der Waals surface area (Å²) in [5.41, 5.74) is 0. The Morgan fingerprint density at radius 3 is 2.29 bits per heavy atom. The Balaban J connectivity index is 1.97. The normalized spacial score (nSPS) is 23.3. The molecule has 0 radical (unpaired) electrons. The van der Waals surface area contributed by atoms with Crippen LogP contribution < -0.4 is 10.6 Å². The number of rotatable bonds is 1. The summed E-state index contributed by atoms with van der Waals surface area (Å²) in [4.78, 5) is 25.8. The van der Waals surface area contributed by atoms with Crippen LogP contribution in [0.1, 0.15) is 12.8 Å². The van der Waals surface area contributed by atoms with Crippen molar-refractivity contribution in [2.45, 2.75) is 18.9 Å². The van der Waals surface area contributed by atoms with E-state index in [0.29, 0.717) is 13.2 Å². The molecular formula is C8H11N3O3. The van der Waals surface area contributed by atoms with E-state index in [1.807, 2.05) is 0 Å². The molecule has 2 fully saturated rings. The van der Waals surface area contributed by atoms with Gasteiger partial charge in [0.15, 0.2) is 0 Å². The van der Waals surface area contributed by atoms with E-state index >= 15 is 0 Å². The molecule has 2 N–H and O–H groups in total. The largest absolute Gasteiger partial charge is 0.381 e. The molecule has 6 nitrogen and oxygen atoms in total. The van der Waals surface area contributed by atoms with E-state index in [-0.39, 0.29) is 12.0 Å². The highest BCUT2D eigenvalue weighted by Gasteiger charge is 2.26. The van der Waals surface area contributed by atoms with E-state index < -0.39 is 11.8 Å². The van der Waals surface area contributed by atoms with E-state index in [2.05, 4.69) is 15.6 Å². The quantitative estimate of drug-likeness (QED) is 0.516. The summed E-state index contributed by atoms with van der Waals surface area (Å²) in [6.07, 6.45) is 1.66. The lowest BCUT2D eigenvalue weighted by molar-refractivity contribution is -0.135. The molecule has 0 unspecified atom stereocenters. The number of guanidine groups is 1. The highest BCUT2D eigenvalue weighted by molar-refractivity contribution is 6.45. The van der Waals surface area contributed by atoms with Gasteiger partial charge in [0.2, 0.25) is 5.96 Å². The second kappa shape index (κ2) is 3.75. The number of carbonyl (C=O) groups excluding carboxylic acids is 2. The van der Waals surface area contributed by atoms with Crippen LogP contribution in [-0.4, -0.2) is 37.0 Å². The topological polar surface area (TPSA) is 79.8 Å². The molecule has 0 aliphatic carbocycles. The Kier molecular flexibility index (Phi) is 2.45. The van der Waals surface area contributed by atoms with Crippen LogP contribution in [0.2, 0.25) is 0 Å². The highest BCUT2D eigenvalue weighted by Crippen LogP contribution is 2.10. The molecule has 76 valence electrons. The first kappa shape index (κ1) is 9.14. The number of hydrogen-bond donors (Lipinski definition) is 2. The zero-order chi connectivity index (χ0) is 9.97. The summed E-state index contributed by atoms with van der Waals surface area (Å²) in [7, 11) is 0. The molecular weight excluding hydrogens is 186 g/mol. The van der Waals surface area contributed by atoms with Crippen molar-refractivity contribution in [2.75, 3.05) is 13.2 Å². The minimum Gasteiger partial charge on any atom is -0.381 e. The van der Waals surface area contributed by atoms with Crippen LogP contribution in [-0.2, 0) is 14.3 Å². The Morgan fingerprint density at radius 2 is 1.71 bits per heavy atom. The van der Waals surface area contributed by atoms with E-state index in [1.54, 1.807) is 0 Å². The van der Waals surface area contributed by atoms with E-state index in [9.17, 15) is 9.59 Å². The van der Waals surface area contributed by atoms with E-state index in [1.165, 1.54) is 0 Å². The maximum absolute atomic E-state index is 10.8. The number of nitrogens with one attached hydrogen (secondary N) is 2. The van der Waals surface area contributed by atoms with Gasteiger partial charge in [-0.25, -0.2) is 4.99 Å². The minimum absolute atomic E-state index is 0.137. The van der Waals surface area contributed by atoms with Crippen molar-refractivity contribution >= 4 is 17.8 Å². The molecule has 0 saturated carbocycles. The van der Waals surface area contributed by atoms with Gasteiger partial charge in [0.1, 0.15) is 0 Å². The maximum atomic E-state index is 10.8. The maximum Gasteiger partial charge on any atom is 0.316 e. The molecule has 2 aliphatic heterocycles. The molecule has 2 aliphatic rings. The smallest absolute Gasteiger partial charge is 0.316 e. The van der Waals surface area contributed by atoms with Gasteiger partial charge in [-0.3, -0.25) is 20.2 Å². The number of aliphatic imine (C=N–C) groups is 1. The molecule has 0 aromatic rings. The van der Waals surface area contributed by atoms with Gasteiger partial charge in [0.25, 0.3) is 0 Å².